The SMILES string of the molecule is O=C/C=C(/Cl)C=O. The van der Waals surface area contributed by atoms with Crippen molar-refractivity contribution < 1.29 is 9.59 Å². The first-order valence-corrected chi connectivity index (χ1v) is 1.95. The van der Waals surface area contributed by atoms with Gasteiger partial charge in [0.1, 0.15) is 6.29 Å². The van der Waals surface area contributed by atoms with E-state index in [0.29, 0.717) is 12.6 Å². The van der Waals surface area contributed by atoms with Crippen molar-refractivity contribution in [3.63, 3.8) is 0 Å². The molecule has 0 aliphatic carbocycles. The summed E-state index contributed by atoms with van der Waals surface area (Å²) in [5.41, 5.74) is 0. The molecule has 0 amide bonds. The quantitative estimate of drug-likeness (QED) is 0.391. The first kappa shape index (κ1) is 6.37. The van der Waals surface area contributed by atoms with Gasteiger partial charge >= 0.3 is 0 Å². The summed E-state index contributed by atoms with van der Waals surface area (Å²) in [6.07, 6.45) is 1.83. The predicted octanol–water partition coefficient (Wildman–Crippen LogP) is 0.507. The zero-order valence-electron chi connectivity index (χ0n) is 3.43. The van der Waals surface area contributed by atoms with E-state index in [1.54, 1.807) is 0 Å². The lowest BCUT2D eigenvalue weighted by Crippen LogP contribution is -1.70. The van der Waals surface area contributed by atoms with Crippen LogP contribution in [-0.4, -0.2) is 12.6 Å². The molecular formula is C4H3ClO2. The second kappa shape index (κ2) is 3.56. The summed E-state index contributed by atoms with van der Waals surface area (Å²) in [5.74, 6) is 0. The van der Waals surface area contributed by atoms with Gasteiger partial charge in [-0.05, 0) is 6.08 Å². The molecule has 3 heteroatoms. The zero-order chi connectivity index (χ0) is 5.70. The Labute approximate surface area is 45.8 Å². The number of carbonyl (C=O) groups excluding carboxylic acids is 2. The summed E-state index contributed by atoms with van der Waals surface area (Å²) in [6.45, 7) is 0. The largest absolute Gasteiger partial charge is 0.299 e. The van der Waals surface area contributed by atoms with E-state index in [9.17, 15) is 9.59 Å². The van der Waals surface area contributed by atoms with Crippen molar-refractivity contribution >= 4 is 24.2 Å². The van der Waals surface area contributed by atoms with Gasteiger partial charge in [-0.1, -0.05) is 11.6 Å². The van der Waals surface area contributed by atoms with Crippen LogP contribution in [0.3, 0.4) is 0 Å². The topological polar surface area (TPSA) is 34.1 Å². The summed E-state index contributed by atoms with van der Waals surface area (Å²) < 4.78 is 0. The smallest absolute Gasteiger partial charge is 0.161 e. The number of hydrogen-bond donors (Lipinski definition) is 0. The van der Waals surface area contributed by atoms with Crippen LogP contribution in [0.25, 0.3) is 0 Å². The molecule has 0 aromatic heterocycles. The van der Waals surface area contributed by atoms with Gasteiger partial charge in [-0.3, -0.25) is 9.59 Å². The van der Waals surface area contributed by atoms with Crippen molar-refractivity contribution in [2.24, 2.45) is 0 Å². The molecule has 0 fully saturated rings. The molecule has 0 saturated carbocycles. The fourth-order valence-electron chi connectivity index (χ4n) is 0.104. The molecule has 0 aromatic carbocycles. The lowest BCUT2D eigenvalue weighted by Gasteiger charge is -1.69. The molecule has 0 aliphatic rings. The number of carbonyl (C=O) groups is 2. The second-order valence-electron chi connectivity index (χ2n) is 0.805. The first-order valence-electron chi connectivity index (χ1n) is 1.57. The van der Waals surface area contributed by atoms with Crippen LogP contribution >= 0.6 is 11.6 Å². The van der Waals surface area contributed by atoms with Crippen LogP contribution < -0.4 is 0 Å². The Hall–Kier alpha value is -0.630. The van der Waals surface area contributed by atoms with Gasteiger partial charge in [0, 0.05) is 0 Å². The maximum atomic E-state index is 9.54. The summed E-state index contributed by atoms with van der Waals surface area (Å²) >= 11 is 5.03. The third-order valence-corrected chi connectivity index (χ3v) is 0.555. The van der Waals surface area contributed by atoms with Gasteiger partial charge in [-0.15, -0.1) is 0 Å². The van der Waals surface area contributed by atoms with Crippen molar-refractivity contribution in [1.29, 1.82) is 0 Å². The molecule has 7 heavy (non-hydrogen) atoms. The standard InChI is InChI=1S/C4H3ClO2/c5-4(3-7)1-2-6/h1-3H/b4-1+. The van der Waals surface area contributed by atoms with Crippen molar-refractivity contribution in [3.05, 3.63) is 11.1 Å². The number of halogens is 1. The van der Waals surface area contributed by atoms with E-state index in [1.807, 2.05) is 0 Å². The van der Waals surface area contributed by atoms with E-state index in [1.165, 1.54) is 0 Å². The van der Waals surface area contributed by atoms with Gasteiger partial charge in [0.25, 0.3) is 0 Å². The monoisotopic (exact) mass is 118 g/mol. The molecule has 0 aromatic rings. The molecule has 0 radical (unpaired) electrons. The minimum atomic E-state index is -0.0741. The van der Waals surface area contributed by atoms with Gasteiger partial charge in [0.15, 0.2) is 6.29 Å². The van der Waals surface area contributed by atoms with Crippen LogP contribution in [0.1, 0.15) is 0 Å². The highest BCUT2D eigenvalue weighted by atomic mass is 35.5. The Bertz CT molecular complexity index is 106. The van der Waals surface area contributed by atoms with Crippen LogP contribution in [0.4, 0.5) is 0 Å². The summed E-state index contributed by atoms with van der Waals surface area (Å²) in [6, 6.07) is 0. The van der Waals surface area contributed by atoms with Crippen molar-refractivity contribution in [2.75, 3.05) is 0 Å². The van der Waals surface area contributed by atoms with Gasteiger partial charge in [-0.25, -0.2) is 0 Å². The summed E-state index contributed by atoms with van der Waals surface area (Å²) in [4.78, 5) is 19.0. The minimum absolute atomic E-state index is 0.0741. The van der Waals surface area contributed by atoms with Crippen molar-refractivity contribution in [2.45, 2.75) is 0 Å². The Balaban J connectivity index is 3.72. The number of aldehydes is 2. The molecule has 0 spiro atoms. The maximum Gasteiger partial charge on any atom is 0.161 e. The van der Waals surface area contributed by atoms with Gasteiger partial charge in [0.2, 0.25) is 0 Å². The molecule has 0 bridgehead atoms. The van der Waals surface area contributed by atoms with Crippen LogP contribution in [0, 0.1) is 0 Å². The highest BCUT2D eigenvalue weighted by Gasteiger charge is 1.80. The Morgan fingerprint density at radius 3 is 2.14 bits per heavy atom. The average molecular weight is 119 g/mol. The normalized spacial score (nSPS) is 10.7. The zero-order valence-corrected chi connectivity index (χ0v) is 4.18. The van der Waals surface area contributed by atoms with E-state index in [4.69, 9.17) is 11.6 Å². The molecular weight excluding hydrogens is 115 g/mol. The van der Waals surface area contributed by atoms with Gasteiger partial charge in [-0.2, -0.15) is 0 Å². The lowest BCUT2D eigenvalue weighted by molar-refractivity contribution is -0.106. The van der Waals surface area contributed by atoms with Gasteiger partial charge in [0.05, 0.1) is 5.03 Å². The molecule has 0 N–H and O–H groups in total. The van der Waals surface area contributed by atoms with E-state index >= 15 is 0 Å². The van der Waals surface area contributed by atoms with E-state index < -0.39 is 0 Å². The average Bonchev–Trinajstić information content (AvgIpc) is 1.68. The maximum absolute atomic E-state index is 9.54. The summed E-state index contributed by atoms with van der Waals surface area (Å²) in [5, 5.41) is -0.0741. The second-order valence-corrected chi connectivity index (χ2v) is 1.24. The molecule has 2 nitrogen and oxygen atoms in total. The molecule has 0 rings (SSSR count). The highest BCUT2D eigenvalue weighted by molar-refractivity contribution is 6.39. The van der Waals surface area contributed by atoms with Crippen LogP contribution in [0.5, 0.6) is 0 Å². The summed E-state index contributed by atoms with van der Waals surface area (Å²) in [7, 11) is 0. The van der Waals surface area contributed by atoms with Crippen LogP contribution in [0.2, 0.25) is 0 Å². The van der Waals surface area contributed by atoms with Crippen molar-refractivity contribution in [1.82, 2.24) is 0 Å². The van der Waals surface area contributed by atoms with E-state index in [2.05, 4.69) is 0 Å². The molecule has 0 unspecified atom stereocenters. The lowest BCUT2D eigenvalue weighted by atomic mass is 10.6. The Morgan fingerprint density at radius 1 is 1.43 bits per heavy atom. The Morgan fingerprint density at radius 2 is 2.00 bits per heavy atom. The van der Waals surface area contributed by atoms with Gasteiger partial charge < -0.3 is 0 Å². The number of allylic oxidation sites excluding steroid dienone is 2. The fourth-order valence-corrected chi connectivity index (χ4v) is 0.156. The molecule has 38 valence electrons. The number of hydrogen-bond acceptors (Lipinski definition) is 2. The van der Waals surface area contributed by atoms with E-state index in [-0.39, 0.29) is 5.03 Å². The molecule has 0 aliphatic heterocycles. The fraction of sp³-hybridized carbons (Fsp3) is 0. The third-order valence-electron chi connectivity index (χ3n) is 0.340. The first-order chi connectivity index (χ1) is 3.31. The molecule has 0 heterocycles. The van der Waals surface area contributed by atoms with E-state index in [0.717, 1.165) is 6.08 Å². The predicted molar refractivity (Wildman–Crippen MR) is 26.1 cm³/mol. The molecule has 0 saturated heterocycles. The van der Waals surface area contributed by atoms with Crippen molar-refractivity contribution in [3.8, 4) is 0 Å². The number of rotatable bonds is 2. The van der Waals surface area contributed by atoms with Crippen LogP contribution in [0.15, 0.2) is 11.1 Å². The molecule has 0 atom stereocenters. The third kappa shape index (κ3) is 3.19. The minimum Gasteiger partial charge on any atom is -0.299 e. The highest BCUT2D eigenvalue weighted by Crippen LogP contribution is 1.90. The van der Waals surface area contributed by atoms with Crippen LogP contribution in [-0.2, 0) is 9.59 Å². The Kier molecular flexibility index (Phi) is 3.24.